The van der Waals surface area contributed by atoms with Crippen molar-refractivity contribution < 1.29 is 32.7 Å². The van der Waals surface area contributed by atoms with Gasteiger partial charge >= 0.3 is 12.1 Å². The molecule has 0 radical (unpaired) electrons. The SMILES string of the molecule is O=C(O)c1cccc(-c2ccc(CNC(=O)C3CC3c3ccccc3)c3c2CCN(C(=O)CC(F)(F)F)C3)c1. The van der Waals surface area contributed by atoms with Crippen molar-refractivity contribution in [3.63, 3.8) is 0 Å². The Morgan fingerprint density at radius 2 is 1.74 bits per heavy atom. The molecule has 2 atom stereocenters. The number of rotatable bonds is 7. The Kier molecular flexibility index (Phi) is 7.16. The van der Waals surface area contributed by atoms with Gasteiger partial charge in [0.2, 0.25) is 11.8 Å². The zero-order chi connectivity index (χ0) is 27.7. The Morgan fingerprint density at radius 1 is 0.974 bits per heavy atom. The normalized spacial score (nSPS) is 18.3. The van der Waals surface area contributed by atoms with Crippen LogP contribution in [0, 0.1) is 5.92 Å². The summed E-state index contributed by atoms with van der Waals surface area (Å²) in [5.41, 5.74) is 4.91. The zero-order valence-electron chi connectivity index (χ0n) is 21.0. The van der Waals surface area contributed by atoms with Gasteiger partial charge in [0.15, 0.2) is 0 Å². The molecule has 2 unspecified atom stereocenters. The van der Waals surface area contributed by atoms with Gasteiger partial charge in [0.25, 0.3) is 0 Å². The number of aromatic carboxylic acids is 1. The van der Waals surface area contributed by atoms with Crippen LogP contribution in [0.4, 0.5) is 13.2 Å². The number of carbonyl (C=O) groups is 3. The topological polar surface area (TPSA) is 86.7 Å². The van der Waals surface area contributed by atoms with E-state index in [1.54, 1.807) is 24.3 Å². The molecule has 1 aliphatic carbocycles. The van der Waals surface area contributed by atoms with Gasteiger partial charge in [-0.25, -0.2) is 4.79 Å². The van der Waals surface area contributed by atoms with Gasteiger partial charge in [0, 0.05) is 25.6 Å². The minimum Gasteiger partial charge on any atom is -0.478 e. The van der Waals surface area contributed by atoms with Gasteiger partial charge < -0.3 is 15.3 Å². The Morgan fingerprint density at radius 3 is 2.46 bits per heavy atom. The second-order valence-electron chi connectivity index (χ2n) is 10.0. The molecule has 0 aromatic heterocycles. The van der Waals surface area contributed by atoms with Crippen LogP contribution in [0.5, 0.6) is 0 Å². The number of halogens is 3. The van der Waals surface area contributed by atoms with Crippen LogP contribution in [0.25, 0.3) is 11.1 Å². The van der Waals surface area contributed by atoms with Crippen LogP contribution in [0.2, 0.25) is 0 Å². The average Bonchev–Trinajstić information content (AvgIpc) is 3.72. The predicted molar refractivity (Wildman–Crippen MR) is 138 cm³/mol. The summed E-state index contributed by atoms with van der Waals surface area (Å²) in [7, 11) is 0. The van der Waals surface area contributed by atoms with Crippen molar-refractivity contribution in [3.8, 4) is 11.1 Å². The first-order valence-corrected chi connectivity index (χ1v) is 12.8. The lowest BCUT2D eigenvalue weighted by atomic mass is 9.87. The Bertz CT molecular complexity index is 1420. The molecule has 0 bridgehead atoms. The number of carboxylic acids is 1. The maximum atomic E-state index is 12.9. The number of hydrogen-bond acceptors (Lipinski definition) is 3. The molecule has 2 N–H and O–H groups in total. The number of nitrogens with zero attached hydrogens (tertiary/aromatic N) is 1. The van der Waals surface area contributed by atoms with Crippen LogP contribution in [0.15, 0.2) is 66.7 Å². The van der Waals surface area contributed by atoms with E-state index in [0.29, 0.717) is 17.5 Å². The number of hydrogen-bond donors (Lipinski definition) is 2. The summed E-state index contributed by atoms with van der Waals surface area (Å²) >= 11 is 0. The highest BCUT2D eigenvalue weighted by Gasteiger charge is 2.43. The van der Waals surface area contributed by atoms with Crippen LogP contribution < -0.4 is 5.32 Å². The summed E-state index contributed by atoms with van der Waals surface area (Å²) in [4.78, 5) is 38.0. The zero-order valence-corrected chi connectivity index (χ0v) is 21.0. The molecule has 5 rings (SSSR count). The minimum absolute atomic E-state index is 0.0159. The van der Waals surface area contributed by atoms with Gasteiger partial charge in [-0.3, -0.25) is 9.59 Å². The van der Waals surface area contributed by atoms with Gasteiger partial charge in [-0.05, 0) is 64.3 Å². The number of benzene rings is 3. The molecular weight excluding hydrogens is 509 g/mol. The van der Waals surface area contributed by atoms with Crippen molar-refractivity contribution in [1.82, 2.24) is 10.2 Å². The molecule has 2 amide bonds. The number of alkyl halides is 3. The van der Waals surface area contributed by atoms with E-state index < -0.39 is 24.5 Å². The molecule has 202 valence electrons. The van der Waals surface area contributed by atoms with Crippen LogP contribution in [-0.4, -0.2) is 40.5 Å². The monoisotopic (exact) mass is 536 g/mol. The highest BCUT2D eigenvalue weighted by Crippen LogP contribution is 2.47. The van der Waals surface area contributed by atoms with Crippen LogP contribution in [0.1, 0.15) is 51.4 Å². The first-order valence-electron chi connectivity index (χ1n) is 12.8. The molecular formula is C30H27F3N2O4. The summed E-state index contributed by atoms with van der Waals surface area (Å²) in [5, 5.41) is 12.4. The molecule has 3 aromatic carbocycles. The first-order chi connectivity index (χ1) is 18.6. The quantitative estimate of drug-likeness (QED) is 0.429. The summed E-state index contributed by atoms with van der Waals surface area (Å²) in [6.07, 6.45) is -5.07. The Hall–Kier alpha value is -4.14. The van der Waals surface area contributed by atoms with E-state index in [9.17, 15) is 32.7 Å². The summed E-state index contributed by atoms with van der Waals surface area (Å²) in [6.45, 7) is 0.276. The number of carboxylic acid groups (broad SMARTS) is 1. The largest absolute Gasteiger partial charge is 0.478 e. The fourth-order valence-corrected chi connectivity index (χ4v) is 5.36. The van der Waals surface area contributed by atoms with Crippen molar-refractivity contribution in [2.45, 2.75) is 44.4 Å². The molecule has 1 heterocycles. The number of nitrogens with one attached hydrogen (secondary N) is 1. The molecule has 3 aromatic rings. The molecule has 0 spiro atoms. The van der Waals surface area contributed by atoms with Crippen LogP contribution in [-0.2, 0) is 29.1 Å². The second kappa shape index (κ2) is 10.6. The third-order valence-corrected chi connectivity index (χ3v) is 7.44. The molecule has 9 heteroatoms. The molecule has 39 heavy (non-hydrogen) atoms. The van der Waals surface area contributed by atoms with Crippen LogP contribution in [0.3, 0.4) is 0 Å². The summed E-state index contributed by atoms with van der Waals surface area (Å²) in [5.74, 6) is -2.12. The van der Waals surface area contributed by atoms with Crippen molar-refractivity contribution in [3.05, 3.63) is 94.5 Å². The van der Waals surface area contributed by atoms with Crippen molar-refractivity contribution in [2.75, 3.05) is 6.54 Å². The van der Waals surface area contributed by atoms with Crippen molar-refractivity contribution in [2.24, 2.45) is 5.92 Å². The van der Waals surface area contributed by atoms with Gasteiger partial charge in [-0.2, -0.15) is 13.2 Å². The van der Waals surface area contributed by atoms with Crippen molar-refractivity contribution in [1.29, 1.82) is 0 Å². The molecule has 1 aliphatic heterocycles. The van der Waals surface area contributed by atoms with Gasteiger partial charge in [-0.1, -0.05) is 54.6 Å². The van der Waals surface area contributed by atoms with E-state index in [-0.39, 0.29) is 42.9 Å². The highest BCUT2D eigenvalue weighted by atomic mass is 19.4. The standard InChI is InChI=1S/C30H27F3N2O4/c31-30(32,33)15-27(36)35-12-11-23-22(19-7-4-8-20(13-19)29(38)39)10-9-21(26(23)17-35)16-34-28(37)25-14-24(25)18-5-2-1-3-6-18/h1-10,13,24-25H,11-12,14-17H2,(H,34,37)(H,38,39). The third kappa shape index (κ3) is 5.97. The van der Waals surface area contributed by atoms with Gasteiger partial charge in [0.05, 0.1) is 5.56 Å². The van der Waals surface area contributed by atoms with Crippen LogP contribution >= 0.6 is 0 Å². The lowest BCUT2D eigenvalue weighted by molar-refractivity contribution is -0.162. The molecule has 1 fully saturated rings. The number of fused-ring (bicyclic) bond motifs is 1. The minimum atomic E-state index is -4.60. The van der Waals surface area contributed by atoms with E-state index in [4.69, 9.17) is 0 Å². The maximum absolute atomic E-state index is 12.9. The molecule has 1 saturated carbocycles. The maximum Gasteiger partial charge on any atom is 0.397 e. The summed E-state index contributed by atoms with van der Waals surface area (Å²) in [6, 6.07) is 19.9. The summed E-state index contributed by atoms with van der Waals surface area (Å²) < 4.78 is 38.8. The fourth-order valence-electron chi connectivity index (χ4n) is 5.36. The highest BCUT2D eigenvalue weighted by molar-refractivity contribution is 5.90. The number of amides is 2. The Labute approximate surface area is 223 Å². The predicted octanol–water partition coefficient (Wildman–Crippen LogP) is 5.31. The lowest BCUT2D eigenvalue weighted by Gasteiger charge is -2.32. The van der Waals surface area contributed by atoms with E-state index in [1.165, 1.54) is 11.0 Å². The fraction of sp³-hybridized carbons (Fsp3) is 0.300. The lowest BCUT2D eigenvalue weighted by Crippen LogP contribution is -2.39. The van der Waals surface area contributed by atoms with E-state index in [1.807, 2.05) is 36.4 Å². The van der Waals surface area contributed by atoms with E-state index in [2.05, 4.69) is 5.32 Å². The third-order valence-electron chi connectivity index (χ3n) is 7.44. The van der Waals surface area contributed by atoms with E-state index in [0.717, 1.165) is 28.7 Å². The van der Waals surface area contributed by atoms with Gasteiger partial charge in [-0.15, -0.1) is 0 Å². The molecule has 2 aliphatic rings. The molecule has 6 nitrogen and oxygen atoms in total. The second-order valence-corrected chi connectivity index (χ2v) is 10.0. The first kappa shape index (κ1) is 26.5. The Balaban J connectivity index is 1.40. The number of carbonyl (C=O) groups excluding carboxylic acids is 2. The molecule has 0 saturated heterocycles. The van der Waals surface area contributed by atoms with Gasteiger partial charge in [0.1, 0.15) is 6.42 Å². The van der Waals surface area contributed by atoms with Crippen molar-refractivity contribution >= 4 is 17.8 Å². The van der Waals surface area contributed by atoms with E-state index >= 15 is 0 Å². The average molecular weight is 537 g/mol. The smallest absolute Gasteiger partial charge is 0.397 e.